The van der Waals surface area contributed by atoms with E-state index in [1.165, 1.54) is 22.6 Å². The first kappa shape index (κ1) is 13.8. The zero-order valence-corrected chi connectivity index (χ0v) is 12.8. The Hall–Kier alpha value is -2.13. The van der Waals surface area contributed by atoms with Crippen molar-refractivity contribution in [3.8, 4) is 0 Å². The van der Waals surface area contributed by atoms with Crippen molar-refractivity contribution in [2.75, 3.05) is 0 Å². The van der Waals surface area contributed by atoms with Gasteiger partial charge < -0.3 is 4.42 Å². The average molecular weight is 298 g/mol. The summed E-state index contributed by atoms with van der Waals surface area (Å²) in [6, 6.07) is 8.63. The fourth-order valence-electron chi connectivity index (χ4n) is 2.40. The van der Waals surface area contributed by atoms with E-state index in [1.54, 1.807) is 17.4 Å². The molecule has 3 heteroatoms. The topological polar surface area (TPSA) is 13.1 Å². The van der Waals surface area contributed by atoms with Gasteiger partial charge in [-0.05, 0) is 54.6 Å². The van der Waals surface area contributed by atoms with Crippen molar-refractivity contribution >= 4 is 40.0 Å². The number of benzene rings is 1. The van der Waals surface area contributed by atoms with Gasteiger partial charge in [0, 0.05) is 15.5 Å². The Kier molecular flexibility index (Phi) is 3.52. The molecule has 3 aromatic rings. The molecule has 0 aliphatic rings. The largest absolute Gasteiger partial charge is 0.456 e. The predicted octanol–water partition coefficient (Wildman–Crippen LogP) is 4.32. The first-order valence-electron chi connectivity index (χ1n) is 6.66. The van der Waals surface area contributed by atoms with E-state index in [4.69, 9.17) is 4.42 Å². The Bertz CT molecular complexity index is 930. The summed E-state index contributed by atoms with van der Waals surface area (Å²) < 4.78 is 19.2. The molecule has 0 amide bonds. The molecule has 2 aromatic heterocycles. The Balaban J connectivity index is 2.20. The van der Waals surface area contributed by atoms with Crippen LogP contribution in [-0.4, -0.2) is 0 Å². The van der Waals surface area contributed by atoms with Crippen LogP contribution in [0.15, 0.2) is 46.2 Å². The lowest BCUT2D eigenvalue weighted by Crippen LogP contribution is -2.20. The van der Waals surface area contributed by atoms with Gasteiger partial charge in [0.2, 0.25) is 0 Å². The second-order valence-corrected chi connectivity index (χ2v) is 5.99. The van der Waals surface area contributed by atoms with Crippen molar-refractivity contribution in [2.24, 2.45) is 0 Å². The van der Waals surface area contributed by atoms with Crippen LogP contribution in [0, 0.1) is 5.82 Å². The highest BCUT2D eigenvalue weighted by Crippen LogP contribution is 2.21. The average Bonchev–Trinajstić information content (AvgIpc) is 3.08. The van der Waals surface area contributed by atoms with E-state index >= 15 is 0 Å². The molecule has 0 aliphatic heterocycles. The van der Waals surface area contributed by atoms with E-state index in [2.05, 4.69) is 31.0 Å². The standard InChI is InChI=1S/C18H15FOS/c1-11(17-5-4-8-21-17)9-12(2)18-13(3)15-10-14(19)6-7-16(15)20-18/h4-10H,3H2,1-2H3/b11-9+,18-12+. The number of hydrogen-bond donors (Lipinski definition) is 0. The molecule has 2 heterocycles. The lowest BCUT2D eigenvalue weighted by molar-refractivity contribution is 0.571. The Morgan fingerprint density at radius 3 is 2.81 bits per heavy atom. The molecule has 106 valence electrons. The van der Waals surface area contributed by atoms with Crippen LogP contribution in [0.4, 0.5) is 4.39 Å². The maximum absolute atomic E-state index is 13.3. The highest BCUT2D eigenvalue weighted by molar-refractivity contribution is 7.11. The molecule has 0 unspecified atom stereocenters. The SMILES string of the molecule is C=c1/c(=C(C)\C=C(/C)c2cccs2)oc2ccc(F)cc12. The molecule has 0 atom stereocenters. The molecule has 0 saturated carbocycles. The van der Waals surface area contributed by atoms with E-state index in [0.29, 0.717) is 11.0 Å². The molecular weight excluding hydrogens is 283 g/mol. The third kappa shape index (κ3) is 2.57. The van der Waals surface area contributed by atoms with Gasteiger partial charge in [-0.15, -0.1) is 11.3 Å². The molecule has 21 heavy (non-hydrogen) atoms. The molecule has 0 N–H and O–H groups in total. The summed E-state index contributed by atoms with van der Waals surface area (Å²) in [5.74, 6) is -0.275. The van der Waals surface area contributed by atoms with Gasteiger partial charge in [-0.3, -0.25) is 0 Å². The Labute approximate surface area is 126 Å². The van der Waals surface area contributed by atoms with Crippen LogP contribution in [0.1, 0.15) is 18.7 Å². The highest BCUT2D eigenvalue weighted by Gasteiger charge is 2.05. The fourth-order valence-corrected chi connectivity index (χ4v) is 3.11. The number of fused-ring (bicyclic) bond motifs is 1. The maximum atomic E-state index is 13.3. The van der Waals surface area contributed by atoms with Gasteiger partial charge >= 0.3 is 0 Å². The second-order valence-electron chi connectivity index (χ2n) is 5.04. The number of hydrogen-bond acceptors (Lipinski definition) is 2. The molecule has 1 aromatic carbocycles. The van der Waals surface area contributed by atoms with Gasteiger partial charge in [0.15, 0.2) is 0 Å². The molecular formula is C18H15FOS. The zero-order valence-electron chi connectivity index (χ0n) is 11.9. The molecule has 0 fully saturated rings. The number of allylic oxidation sites excluding steroid dienone is 2. The summed E-state index contributed by atoms with van der Waals surface area (Å²) >= 11 is 1.70. The minimum atomic E-state index is -0.275. The van der Waals surface area contributed by atoms with Gasteiger partial charge in [0.05, 0.1) is 0 Å². The number of rotatable bonds is 2. The third-order valence-electron chi connectivity index (χ3n) is 3.45. The summed E-state index contributed by atoms with van der Waals surface area (Å²) in [5.41, 5.74) is 3.54. The van der Waals surface area contributed by atoms with Crippen molar-refractivity contribution in [3.63, 3.8) is 0 Å². The molecule has 0 radical (unpaired) electrons. The van der Waals surface area contributed by atoms with Crippen molar-refractivity contribution in [2.45, 2.75) is 13.8 Å². The molecule has 0 aliphatic carbocycles. The van der Waals surface area contributed by atoms with Crippen LogP contribution < -0.4 is 10.6 Å². The quantitative estimate of drug-likeness (QED) is 0.687. The number of halogens is 1. The van der Waals surface area contributed by atoms with Gasteiger partial charge in [0.25, 0.3) is 0 Å². The smallest absolute Gasteiger partial charge is 0.137 e. The first-order chi connectivity index (χ1) is 10.1. The van der Waals surface area contributed by atoms with E-state index < -0.39 is 0 Å². The van der Waals surface area contributed by atoms with Crippen LogP contribution in [0.2, 0.25) is 0 Å². The van der Waals surface area contributed by atoms with Gasteiger partial charge in [0.1, 0.15) is 16.8 Å². The highest BCUT2D eigenvalue weighted by atomic mass is 32.1. The van der Waals surface area contributed by atoms with E-state index in [1.807, 2.05) is 13.0 Å². The summed E-state index contributed by atoms with van der Waals surface area (Å²) in [4.78, 5) is 1.22. The van der Waals surface area contributed by atoms with Crippen molar-refractivity contribution < 1.29 is 8.81 Å². The van der Waals surface area contributed by atoms with Gasteiger partial charge in [-0.1, -0.05) is 18.7 Å². The van der Waals surface area contributed by atoms with Crippen molar-refractivity contribution in [1.82, 2.24) is 0 Å². The lowest BCUT2D eigenvalue weighted by Gasteiger charge is -1.96. The zero-order chi connectivity index (χ0) is 15.0. The minimum Gasteiger partial charge on any atom is -0.456 e. The fraction of sp³-hybridized carbons (Fsp3) is 0.111. The summed E-state index contributed by atoms with van der Waals surface area (Å²) in [6.45, 7) is 8.09. The molecule has 1 nitrogen and oxygen atoms in total. The van der Waals surface area contributed by atoms with Crippen molar-refractivity contribution in [1.29, 1.82) is 0 Å². The summed E-state index contributed by atoms with van der Waals surface area (Å²) in [5, 5.41) is 3.52. The molecule has 3 rings (SSSR count). The lowest BCUT2D eigenvalue weighted by atomic mass is 10.1. The summed E-state index contributed by atoms with van der Waals surface area (Å²) in [6.07, 6.45) is 2.08. The van der Waals surface area contributed by atoms with Gasteiger partial charge in [-0.2, -0.15) is 0 Å². The monoisotopic (exact) mass is 298 g/mol. The van der Waals surface area contributed by atoms with Crippen LogP contribution in [0.5, 0.6) is 0 Å². The number of thiophene rings is 1. The Morgan fingerprint density at radius 2 is 2.10 bits per heavy atom. The first-order valence-corrected chi connectivity index (χ1v) is 7.54. The Morgan fingerprint density at radius 1 is 1.29 bits per heavy atom. The van der Waals surface area contributed by atoms with E-state index in [9.17, 15) is 4.39 Å². The van der Waals surface area contributed by atoms with E-state index in [0.717, 1.165) is 16.2 Å². The minimum absolute atomic E-state index is 0.275. The van der Waals surface area contributed by atoms with Crippen LogP contribution >= 0.6 is 11.3 Å². The van der Waals surface area contributed by atoms with Crippen LogP contribution in [0.3, 0.4) is 0 Å². The molecule has 0 saturated heterocycles. The second kappa shape index (κ2) is 5.34. The van der Waals surface area contributed by atoms with Crippen LogP contribution in [-0.2, 0) is 0 Å². The van der Waals surface area contributed by atoms with Crippen LogP contribution in [0.25, 0.3) is 28.7 Å². The number of furan rings is 1. The summed E-state index contributed by atoms with van der Waals surface area (Å²) in [7, 11) is 0. The normalized spacial score (nSPS) is 13.8. The molecule has 0 bridgehead atoms. The van der Waals surface area contributed by atoms with Crippen molar-refractivity contribution in [3.05, 3.63) is 63.1 Å². The maximum Gasteiger partial charge on any atom is 0.137 e. The third-order valence-corrected chi connectivity index (χ3v) is 4.46. The van der Waals surface area contributed by atoms with E-state index in [-0.39, 0.29) is 5.82 Å². The molecule has 0 spiro atoms. The predicted molar refractivity (Wildman–Crippen MR) is 88.0 cm³/mol. The van der Waals surface area contributed by atoms with Gasteiger partial charge in [-0.25, -0.2) is 4.39 Å².